The van der Waals surface area contributed by atoms with Crippen molar-refractivity contribution in [1.82, 2.24) is 9.97 Å². The van der Waals surface area contributed by atoms with Gasteiger partial charge in [-0.25, -0.2) is 9.97 Å². The molecule has 0 saturated heterocycles. The quantitative estimate of drug-likeness (QED) is 0.905. The molecule has 1 aliphatic carbocycles. The molecule has 1 aliphatic rings. The van der Waals surface area contributed by atoms with Gasteiger partial charge in [0.25, 0.3) is 0 Å². The van der Waals surface area contributed by atoms with Gasteiger partial charge in [-0.3, -0.25) is 0 Å². The Hall–Kier alpha value is -1.20. The first-order valence-corrected chi connectivity index (χ1v) is 7.57. The zero-order valence-electron chi connectivity index (χ0n) is 11.4. The number of aryl methyl sites for hydroxylation is 2. The van der Waals surface area contributed by atoms with Crippen molar-refractivity contribution in [2.45, 2.75) is 45.1 Å². The zero-order valence-corrected chi connectivity index (χ0v) is 12.2. The number of hydrogen-bond donors (Lipinski definition) is 2. The van der Waals surface area contributed by atoms with E-state index in [-0.39, 0.29) is 12.1 Å². The maximum absolute atomic E-state index is 9.72. The molecule has 0 atom stereocenters. The van der Waals surface area contributed by atoms with Gasteiger partial charge < -0.3 is 10.4 Å². The predicted octanol–water partition coefficient (Wildman–Crippen LogP) is 3.03. The largest absolute Gasteiger partial charge is 0.394 e. The number of hydrogen-bond acceptors (Lipinski definition) is 5. The van der Waals surface area contributed by atoms with E-state index in [0.29, 0.717) is 0 Å². The van der Waals surface area contributed by atoms with Crippen LogP contribution < -0.4 is 5.32 Å². The second-order valence-corrected chi connectivity index (χ2v) is 6.66. The molecule has 2 aromatic heterocycles. The van der Waals surface area contributed by atoms with Crippen molar-refractivity contribution in [3.63, 3.8) is 0 Å². The molecule has 0 spiro atoms. The van der Waals surface area contributed by atoms with Crippen LogP contribution in [0.25, 0.3) is 10.2 Å². The van der Waals surface area contributed by atoms with Gasteiger partial charge in [-0.2, -0.15) is 0 Å². The van der Waals surface area contributed by atoms with Crippen molar-refractivity contribution < 1.29 is 5.11 Å². The van der Waals surface area contributed by atoms with E-state index in [1.807, 2.05) is 0 Å². The molecule has 2 heterocycles. The number of rotatable bonds is 3. The lowest BCUT2D eigenvalue weighted by Crippen LogP contribution is -2.39. The highest BCUT2D eigenvalue weighted by atomic mass is 32.1. The molecule has 0 aliphatic heterocycles. The smallest absolute Gasteiger partial charge is 0.138 e. The SMILES string of the molecule is Cc1sc2ncnc(NC3(CO)CCCC3)c2c1C. The van der Waals surface area contributed by atoms with Gasteiger partial charge in [0.05, 0.1) is 17.5 Å². The molecule has 0 aromatic carbocycles. The summed E-state index contributed by atoms with van der Waals surface area (Å²) in [5, 5.41) is 14.3. The van der Waals surface area contributed by atoms with E-state index in [0.717, 1.165) is 28.9 Å². The van der Waals surface area contributed by atoms with Gasteiger partial charge in [0.15, 0.2) is 0 Å². The van der Waals surface area contributed by atoms with Crippen LogP contribution in [-0.2, 0) is 0 Å². The molecule has 0 unspecified atom stereocenters. The Labute approximate surface area is 116 Å². The van der Waals surface area contributed by atoms with Gasteiger partial charge >= 0.3 is 0 Å². The molecular formula is C14H19N3OS. The molecule has 2 N–H and O–H groups in total. The van der Waals surface area contributed by atoms with Crippen LogP contribution in [0.5, 0.6) is 0 Å². The summed E-state index contributed by atoms with van der Waals surface area (Å²) in [5.41, 5.74) is 1.05. The van der Waals surface area contributed by atoms with Crippen LogP contribution in [0.3, 0.4) is 0 Å². The summed E-state index contributed by atoms with van der Waals surface area (Å²) >= 11 is 1.70. The third kappa shape index (κ3) is 2.11. The van der Waals surface area contributed by atoms with E-state index in [1.54, 1.807) is 17.7 Å². The second kappa shape index (κ2) is 4.72. The van der Waals surface area contributed by atoms with Crippen molar-refractivity contribution >= 4 is 27.4 Å². The summed E-state index contributed by atoms with van der Waals surface area (Å²) in [6.07, 6.45) is 5.97. The Kier molecular flexibility index (Phi) is 3.19. The maximum atomic E-state index is 9.72. The van der Waals surface area contributed by atoms with Crippen molar-refractivity contribution in [1.29, 1.82) is 0 Å². The predicted molar refractivity (Wildman–Crippen MR) is 78.8 cm³/mol. The first-order valence-electron chi connectivity index (χ1n) is 6.75. The summed E-state index contributed by atoms with van der Waals surface area (Å²) in [6, 6.07) is 0. The average Bonchev–Trinajstić information content (AvgIpc) is 2.97. The highest BCUT2D eigenvalue weighted by Gasteiger charge is 2.34. The average molecular weight is 277 g/mol. The van der Waals surface area contributed by atoms with Crippen molar-refractivity contribution in [2.75, 3.05) is 11.9 Å². The van der Waals surface area contributed by atoms with E-state index in [9.17, 15) is 5.11 Å². The highest BCUT2D eigenvalue weighted by Crippen LogP contribution is 2.37. The Morgan fingerprint density at radius 2 is 2.05 bits per heavy atom. The third-order valence-corrected chi connectivity index (χ3v) is 5.33. The van der Waals surface area contributed by atoms with Gasteiger partial charge in [-0.05, 0) is 32.3 Å². The van der Waals surface area contributed by atoms with Crippen LogP contribution in [0.15, 0.2) is 6.33 Å². The van der Waals surface area contributed by atoms with Gasteiger partial charge in [0.1, 0.15) is 17.0 Å². The summed E-state index contributed by atoms with van der Waals surface area (Å²) in [6.45, 7) is 4.40. The number of nitrogens with zero attached hydrogens (tertiary/aromatic N) is 2. The second-order valence-electron chi connectivity index (χ2n) is 5.46. The first kappa shape index (κ1) is 12.8. The topological polar surface area (TPSA) is 58.0 Å². The number of thiophene rings is 1. The fourth-order valence-corrected chi connectivity index (χ4v) is 3.90. The van der Waals surface area contributed by atoms with E-state index in [1.165, 1.54) is 23.3 Å². The third-order valence-electron chi connectivity index (χ3n) is 4.21. The molecule has 1 saturated carbocycles. The standard InChI is InChI=1S/C14H19N3OS/c1-9-10(2)19-13-11(9)12(15-8-16-13)17-14(7-18)5-3-4-6-14/h8,18H,3-7H2,1-2H3,(H,15,16,17). The van der Waals surface area contributed by atoms with E-state index >= 15 is 0 Å². The number of fused-ring (bicyclic) bond motifs is 1. The van der Waals surface area contributed by atoms with Gasteiger partial charge in [0, 0.05) is 4.88 Å². The zero-order chi connectivity index (χ0) is 13.5. The summed E-state index contributed by atoms with van der Waals surface area (Å²) in [5.74, 6) is 0.878. The van der Waals surface area contributed by atoms with Crippen LogP contribution in [0, 0.1) is 13.8 Å². The lowest BCUT2D eigenvalue weighted by atomic mass is 9.98. The molecule has 0 amide bonds. The molecule has 0 radical (unpaired) electrons. The summed E-state index contributed by atoms with van der Waals surface area (Å²) in [7, 11) is 0. The van der Waals surface area contributed by atoms with E-state index in [4.69, 9.17) is 0 Å². The molecule has 2 aromatic rings. The molecule has 0 bridgehead atoms. The van der Waals surface area contributed by atoms with Gasteiger partial charge in [-0.1, -0.05) is 12.8 Å². The van der Waals surface area contributed by atoms with Crippen molar-refractivity contribution in [3.8, 4) is 0 Å². The van der Waals surface area contributed by atoms with Crippen molar-refractivity contribution in [3.05, 3.63) is 16.8 Å². The molecule has 19 heavy (non-hydrogen) atoms. The first-order chi connectivity index (χ1) is 9.15. The van der Waals surface area contributed by atoms with Gasteiger partial charge in [0.2, 0.25) is 0 Å². The Morgan fingerprint density at radius 3 is 2.74 bits per heavy atom. The number of nitrogens with one attached hydrogen (secondary N) is 1. The lowest BCUT2D eigenvalue weighted by Gasteiger charge is -2.28. The van der Waals surface area contributed by atoms with Gasteiger partial charge in [-0.15, -0.1) is 11.3 Å². The minimum atomic E-state index is -0.191. The minimum absolute atomic E-state index is 0.167. The molecule has 102 valence electrons. The fourth-order valence-electron chi connectivity index (χ4n) is 2.90. The summed E-state index contributed by atoms with van der Waals surface area (Å²) < 4.78 is 0. The minimum Gasteiger partial charge on any atom is -0.394 e. The number of aliphatic hydroxyl groups excluding tert-OH is 1. The van der Waals surface area contributed by atoms with Crippen LogP contribution in [0.2, 0.25) is 0 Å². The van der Waals surface area contributed by atoms with Crippen molar-refractivity contribution in [2.24, 2.45) is 0 Å². The maximum Gasteiger partial charge on any atom is 0.138 e. The van der Waals surface area contributed by atoms with E-state index in [2.05, 4.69) is 29.1 Å². The normalized spacial score (nSPS) is 18.1. The Balaban J connectivity index is 2.05. The number of aromatic nitrogens is 2. The fraction of sp³-hybridized carbons (Fsp3) is 0.571. The van der Waals surface area contributed by atoms with Crippen LogP contribution in [-0.4, -0.2) is 27.2 Å². The lowest BCUT2D eigenvalue weighted by molar-refractivity contribution is 0.214. The number of anilines is 1. The monoisotopic (exact) mass is 277 g/mol. The van der Waals surface area contributed by atoms with Crippen LogP contribution in [0.1, 0.15) is 36.1 Å². The molecule has 1 fully saturated rings. The molecule has 5 heteroatoms. The molecule has 3 rings (SSSR count). The molecule has 4 nitrogen and oxygen atoms in total. The Bertz CT molecular complexity index is 602. The molecular weight excluding hydrogens is 258 g/mol. The Morgan fingerprint density at radius 1 is 1.32 bits per heavy atom. The van der Waals surface area contributed by atoms with Crippen LogP contribution >= 0.6 is 11.3 Å². The highest BCUT2D eigenvalue weighted by molar-refractivity contribution is 7.18. The number of aliphatic hydroxyl groups is 1. The summed E-state index contributed by atoms with van der Waals surface area (Å²) in [4.78, 5) is 11.1. The van der Waals surface area contributed by atoms with Crippen LogP contribution in [0.4, 0.5) is 5.82 Å². The van der Waals surface area contributed by atoms with E-state index < -0.39 is 0 Å².